The number of unbranched alkanes of at least 4 members (excludes halogenated alkanes) is 1. The molecule has 0 spiro atoms. The highest BCUT2D eigenvalue weighted by molar-refractivity contribution is 14.0. The van der Waals surface area contributed by atoms with Crippen LogP contribution in [0.5, 0.6) is 0 Å². The summed E-state index contributed by atoms with van der Waals surface area (Å²) in [7, 11) is 1.91. The quantitative estimate of drug-likeness (QED) is 0.248. The third-order valence-electron chi connectivity index (χ3n) is 6.80. The maximum atomic E-state index is 4.54. The van der Waals surface area contributed by atoms with Crippen LogP contribution in [0.3, 0.4) is 0 Å². The van der Waals surface area contributed by atoms with Gasteiger partial charge in [0, 0.05) is 71.6 Å². The van der Waals surface area contributed by atoms with Crippen LogP contribution in [0.15, 0.2) is 23.2 Å². The zero-order valence-corrected chi connectivity index (χ0v) is 22.4. The van der Waals surface area contributed by atoms with Crippen LogP contribution >= 0.6 is 24.0 Å². The van der Waals surface area contributed by atoms with Crippen LogP contribution in [0.2, 0.25) is 0 Å². The number of benzene rings is 1. The highest BCUT2D eigenvalue weighted by Crippen LogP contribution is 2.23. The topological polar surface area (TPSA) is 37.4 Å². The smallest absolute Gasteiger partial charge is 0.193 e. The molecule has 7 heteroatoms. The average molecular weight is 543 g/mol. The van der Waals surface area contributed by atoms with E-state index >= 15 is 0 Å². The van der Waals surface area contributed by atoms with Crippen LogP contribution in [0.1, 0.15) is 30.9 Å². The van der Waals surface area contributed by atoms with Crippen LogP contribution < -0.4 is 10.2 Å². The summed E-state index contributed by atoms with van der Waals surface area (Å²) in [6.45, 7) is 19.2. The first-order valence-electron chi connectivity index (χ1n) is 11.8. The third kappa shape index (κ3) is 7.49. The molecule has 0 aromatic heterocycles. The fourth-order valence-electron chi connectivity index (χ4n) is 4.56. The van der Waals surface area contributed by atoms with Gasteiger partial charge in [0.15, 0.2) is 5.96 Å². The Morgan fingerprint density at radius 2 is 1.61 bits per heavy atom. The molecule has 1 aromatic carbocycles. The summed E-state index contributed by atoms with van der Waals surface area (Å²) in [5.41, 5.74) is 4.17. The number of anilines is 1. The third-order valence-corrected chi connectivity index (χ3v) is 6.80. The summed E-state index contributed by atoms with van der Waals surface area (Å²) < 4.78 is 0. The van der Waals surface area contributed by atoms with Gasteiger partial charge in [-0.1, -0.05) is 19.1 Å². The molecule has 31 heavy (non-hydrogen) atoms. The number of guanidine groups is 1. The van der Waals surface area contributed by atoms with Gasteiger partial charge in [0.05, 0.1) is 0 Å². The molecule has 6 nitrogen and oxygen atoms in total. The molecule has 0 saturated carbocycles. The zero-order chi connectivity index (χ0) is 21.3. The summed E-state index contributed by atoms with van der Waals surface area (Å²) in [6, 6.07) is 6.63. The van der Waals surface area contributed by atoms with Gasteiger partial charge in [-0.25, -0.2) is 0 Å². The molecule has 0 bridgehead atoms. The van der Waals surface area contributed by atoms with Crippen LogP contribution in [0.4, 0.5) is 5.69 Å². The van der Waals surface area contributed by atoms with Crippen molar-refractivity contribution in [1.29, 1.82) is 0 Å². The maximum Gasteiger partial charge on any atom is 0.193 e. The van der Waals surface area contributed by atoms with E-state index in [0.29, 0.717) is 0 Å². The zero-order valence-electron chi connectivity index (χ0n) is 20.1. The lowest BCUT2D eigenvalue weighted by molar-refractivity contribution is 0.136. The van der Waals surface area contributed by atoms with Crippen molar-refractivity contribution in [3.05, 3.63) is 29.3 Å². The van der Waals surface area contributed by atoms with Crippen LogP contribution in [-0.2, 0) is 0 Å². The summed E-state index contributed by atoms with van der Waals surface area (Å²) >= 11 is 0. The number of halogens is 1. The van der Waals surface area contributed by atoms with Gasteiger partial charge in [0.25, 0.3) is 0 Å². The van der Waals surface area contributed by atoms with Crippen LogP contribution in [0, 0.1) is 13.8 Å². The molecular formula is C24H43IN6. The standard InChI is InChI=1S/C24H42N6.HI/c1-5-27-13-15-28(16-14-27)12-7-6-11-26-24(25-4)30-19-17-29(18-20-30)23-10-8-9-21(2)22(23)3;/h8-10H,5-7,11-20H2,1-4H3,(H,25,26);1H. The number of hydrogen-bond donors (Lipinski definition) is 1. The molecular weight excluding hydrogens is 499 g/mol. The minimum absolute atomic E-state index is 0. The van der Waals surface area contributed by atoms with E-state index in [1.165, 1.54) is 68.9 Å². The highest BCUT2D eigenvalue weighted by Gasteiger charge is 2.21. The molecule has 0 atom stereocenters. The Hall–Kier alpha value is -1.06. The van der Waals surface area contributed by atoms with Gasteiger partial charge in [0.2, 0.25) is 0 Å². The Labute approximate surface area is 207 Å². The maximum absolute atomic E-state index is 4.54. The van der Waals surface area contributed by atoms with Crippen LogP contribution in [0.25, 0.3) is 0 Å². The molecule has 0 radical (unpaired) electrons. The number of piperazine rings is 2. The molecule has 2 aliphatic heterocycles. The first kappa shape index (κ1) is 26.2. The van der Waals surface area contributed by atoms with Gasteiger partial charge in [-0.3, -0.25) is 4.99 Å². The molecule has 2 saturated heterocycles. The predicted molar refractivity (Wildman–Crippen MR) is 144 cm³/mol. The monoisotopic (exact) mass is 542 g/mol. The van der Waals surface area contributed by atoms with Gasteiger partial charge in [0.1, 0.15) is 0 Å². The Bertz CT molecular complexity index is 679. The van der Waals surface area contributed by atoms with Gasteiger partial charge in [-0.05, 0) is 57.0 Å². The van der Waals surface area contributed by atoms with E-state index in [4.69, 9.17) is 0 Å². The fourth-order valence-corrected chi connectivity index (χ4v) is 4.56. The van der Waals surface area contributed by atoms with Crippen molar-refractivity contribution < 1.29 is 0 Å². The van der Waals surface area contributed by atoms with Gasteiger partial charge in [-0.15, -0.1) is 24.0 Å². The van der Waals surface area contributed by atoms with Gasteiger partial charge >= 0.3 is 0 Å². The lowest BCUT2D eigenvalue weighted by atomic mass is 10.1. The van der Waals surface area contributed by atoms with Gasteiger partial charge < -0.3 is 24.9 Å². The molecule has 176 valence electrons. The van der Waals surface area contributed by atoms with E-state index in [2.05, 4.69) is 68.9 Å². The van der Waals surface area contributed by atoms with Crippen molar-refractivity contribution >= 4 is 35.6 Å². The van der Waals surface area contributed by atoms with E-state index in [1.807, 2.05) is 7.05 Å². The Balaban J connectivity index is 0.00000341. The molecule has 2 heterocycles. The second-order valence-corrected chi connectivity index (χ2v) is 8.65. The first-order valence-corrected chi connectivity index (χ1v) is 11.8. The van der Waals surface area contributed by atoms with Crippen molar-refractivity contribution in [2.24, 2.45) is 4.99 Å². The van der Waals surface area contributed by atoms with E-state index in [-0.39, 0.29) is 24.0 Å². The van der Waals surface area contributed by atoms with Crippen molar-refractivity contribution in [1.82, 2.24) is 20.0 Å². The highest BCUT2D eigenvalue weighted by atomic mass is 127. The second-order valence-electron chi connectivity index (χ2n) is 8.65. The molecule has 0 aliphatic carbocycles. The SMILES string of the molecule is CCN1CCN(CCCCNC(=NC)N2CCN(c3cccc(C)c3C)CC2)CC1.I. The van der Waals surface area contributed by atoms with E-state index in [9.17, 15) is 0 Å². The van der Waals surface area contributed by atoms with E-state index < -0.39 is 0 Å². The predicted octanol–water partition coefficient (Wildman–Crippen LogP) is 3.04. The molecule has 1 aromatic rings. The normalized spacial score (nSPS) is 18.8. The van der Waals surface area contributed by atoms with Crippen molar-refractivity contribution in [3.63, 3.8) is 0 Å². The average Bonchev–Trinajstić information content (AvgIpc) is 2.79. The molecule has 1 N–H and O–H groups in total. The second kappa shape index (κ2) is 13.5. The minimum Gasteiger partial charge on any atom is -0.368 e. The van der Waals surface area contributed by atoms with Crippen molar-refractivity contribution in [3.8, 4) is 0 Å². The number of likely N-dealkylation sites (N-methyl/N-ethyl adjacent to an activating group) is 1. The molecule has 3 rings (SSSR count). The number of hydrogen-bond acceptors (Lipinski definition) is 4. The Morgan fingerprint density at radius 1 is 0.935 bits per heavy atom. The number of rotatable bonds is 7. The Morgan fingerprint density at radius 3 is 2.26 bits per heavy atom. The van der Waals surface area contributed by atoms with Crippen molar-refractivity contribution in [2.45, 2.75) is 33.6 Å². The summed E-state index contributed by atoms with van der Waals surface area (Å²) in [5.74, 6) is 1.06. The van der Waals surface area contributed by atoms with Crippen LogP contribution in [-0.4, -0.2) is 99.7 Å². The number of nitrogens with zero attached hydrogens (tertiary/aromatic N) is 5. The number of nitrogens with one attached hydrogen (secondary N) is 1. The molecule has 0 unspecified atom stereocenters. The largest absolute Gasteiger partial charge is 0.368 e. The minimum atomic E-state index is 0. The number of aryl methyl sites for hydroxylation is 1. The summed E-state index contributed by atoms with van der Waals surface area (Å²) in [6.07, 6.45) is 2.46. The lowest BCUT2D eigenvalue weighted by Gasteiger charge is -2.38. The van der Waals surface area contributed by atoms with Gasteiger partial charge in [-0.2, -0.15) is 0 Å². The van der Waals surface area contributed by atoms with E-state index in [1.54, 1.807) is 0 Å². The summed E-state index contributed by atoms with van der Waals surface area (Å²) in [4.78, 5) is 14.6. The summed E-state index contributed by atoms with van der Waals surface area (Å²) in [5, 5.41) is 3.60. The van der Waals surface area contributed by atoms with Crippen molar-refractivity contribution in [2.75, 3.05) is 83.9 Å². The van der Waals surface area contributed by atoms with E-state index in [0.717, 1.165) is 38.7 Å². The first-order chi connectivity index (χ1) is 14.6. The molecule has 0 amide bonds. The molecule has 2 fully saturated rings. The lowest BCUT2D eigenvalue weighted by Crippen LogP contribution is -2.52. The Kier molecular flexibility index (Phi) is 11.4. The number of aliphatic imine (C=N–C) groups is 1. The molecule has 2 aliphatic rings. The fraction of sp³-hybridized carbons (Fsp3) is 0.708.